The second-order valence-corrected chi connectivity index (χ2v) is 8.49. The molecule has 1 aliphatic rings. The summed E-state index contributed by atoms with van der Waals surface area (Å²) in [6.45, 7) is 10.3. The quantitative estimate of drug-likeness (QED) is 0.812. The Kier molecular flexibility index (Phi) is 6.39. The zero-order valence-electron chi connectivity index (χ0n) is 17.3. The lowest BCUT2D eigenvalue weighted by Crippen LogP contribution is -2.43. The molecular formula is C22H31N3O3. The first-order valence-corrected chi connectivity index (χ1v) is 10.0. The van der Waals surface area contributed by atoms with Crippen LogP contribution in [-0.4, -0.2) is 41.2 Å². The summed E-state index contributed by atoms with van der Waals surface area (Å²) in [5, 5.41) is 2.91. The Morgan fingerprint density at radius 2 is 2.11 bits per heavy atom. The monoisotopic (exact) mass is 385 g/mol. The summed E-state index contributed by atoms with van der Waals surface area (Å²) >= 11 is 0. The molecule has 1 aromatic heterocycles. The smallest absolute Gasteiger partial charge is 0.407 e. The number of carbonyl (C=O) groups is 1. The zero-order chi connectivity index (χ0) is 20.1. The van der Waals surface area contributed by atoms with E-state index in [9.17, 15) is 4.79 Å². The van der Waals surface area contributed by atoms with E-state index in [4.69, 9.17) is 9.15 Å². The van der Waals surface area contributed by atoms with Gasteiger partial charge < -0.3 is 14.5 Å². The van der Waals surface area contributed by atoms with E-state index in [1.165, 1.54) is 0 Å². The number of rotatable bonds is 5. The predicted molar refractivity (Wildman–Crippen MR) is 109 cm³/mol. The minimum atomic E-state index is -0.474. The van der Waals surface area contributed by atoms with E-state index in [-0.39, 0.29) is 12.1 Å². The fraction of sp³-hybridized carbons (Fsp3) is 0.545. The first-order chi connectivity index (χ1) is 13.3. The molecule has 6 heteroatoms. The second-order valence-electron chi connectivity index (χ2n) is 8.49. The standard InChI is InChI=1S/C22H31N3O3/c1-16(20-23-14-19(27-20)18-10-6-5-7-11-18)25-12-8-9-17(15-25)13-24-21(26)28-22(2,3)4/h5-7,10-11,14,16-17H,8-9,12-13,15H2,1-4H3,(H,24,26). The number of benzene rings is 1. The van der Waals surface area contributed by atoms with Gasteiger partial charge in [0.25, 0.3) is 0 Å². The highest BCUT2D eigenvalue weighted by Gasteiger charge is 2.27. The number of amides is 1. The highest BCUT2D eigenvalue weighted by Crippen LogP contribution is 2.29. The van der Waals surface area contributed by atoms with Crippen molar-refractivity contribution in [1.82, 2.24) is 15.2 Å². The lowest BCUT2D eigenvalue weighted by atomic mass is 9.97. The lowest BCUT2D eigenvalue weighted by molar-refractivity contribution is 0.0497. The van der Waals surface area contributed by atoms with Crippen molar-refractivity contribution in [3.8, 4) is 11.3 Å². The van der Waals surface area contributed by atoms with Crippen LogP contribution in [0.1, 0.15) is 52.5 Å². The molecule has 0 aliphatic carbocycles. The molecule has 1 N–H and O–H groups in total. The minimum Gasteiger partial charge on any atom is -0.444 e. The first kappa shape index (κ1) is 20.4. The lowest BCUT2D eigenvalue weighted by Gasteiger charge is -2.35. The highest BCUT2D eigenvalue weighted by molar-refractivity contribution is 5.67. The van der Waals surface area contributed by atoms with Crippen molar-refractivity contribution < 1.29 is 13.9 Å². The van der Waals surface area contributed by atoms with Crippen molar-refractivity contribution in [2.45, 2.75) is 52.2 Å². The summed E-state index contributed by atoms with van der Waals surface area (Å²) in [5.41, 5.74) is 0.560. The van der Waals surface area contributed by atoms with Crippen LogP contribution in [0.5, 0.6) is 0 Å². The number of ether oxygens (including phenoxy) is 1. The summed E-state index contributed by atoms with van der Waals surface area (Å²) in [6, 6.07) is 10.1. The number of likely N-dealkylation sites (tertiary alicyclic amines) is 1. The Labute approximate surface area is 167 Å². The molecular weight excluding hydrogens is 354 g/mol. The molecule has 0 radical (unpaired) electrons. The molecule has 1 amide bonds. The van der Waals surface area contributed by atoms with Crippen LogP contribution in [0.2, 0.25) is 0 Å². The summed E-state index contributed by atoms with van der Waals surface area (Å²) < 4.78 is 11.4. The van der Waals surface area contributed by atoms with Gasteiger partial charge in [0, 0.05) is 18.7 Å². The molecule has 152 valence electrons. The number of nitrogens with zero attached hydrogens (tertiary/aromatic N) is 2. The fourth-order valence-corrected chi connectivity index (χ4v) is 3.53. The number of alkyl carbamates (subject to hydrolysis) is 1. The van der Waals surface area contributed by atoms with Gasteiger partial charge >= 0.3 is 6.09 Å². The molecule has 2 unspecified atom stereocenters. The van der Waals surface area contributed by atoms with E-state index >= 15 is 0 Å². The minimum absolute atomic E-state index is 0.0989. The van der Waals surface area contributed by atoms with Gasteiger partial charge in [0.05, 0.1) is 12.2 Å². The average Bonchev–Trinajstić information content (AvgIpc) is 3.15. The molecule has 1 aromatic carbocycles. The fourth-order valence-electron chi connectivity index (χ4n) is 3.53. The van der Waals surface area contributed by atoms with Crippen LogP contribution >= 0.6 is 0 Å². The van der Waals surface area contributed by atoms with Gasteiger partial charge in [-0.3, -0.25) is 4.90 Å². The second kappa shape index (κ2) is 8.78. The largest absolute Gasteiger partial charge is 0.444 e. The Balaban J connectivity index is 1.55. The SMILES string of the molecule is CC(c1ncc(-c2ccccc2)o1)N1CCCC(CNC(=O)OC(C)(C)C)C1. The average molecular weight is 386 g/mol. The third kappa shape index (κ3) is 5.58. The predicted octanol–water partition coefficient (Wildman–Crippen LogP) is 4.64. The number of hydrogen-bond acceptors (Lipinski definition) is 5. The van der Waals surface area contributed by atoms with Crippen molar-refractivity contribution in [3.05, 3.63) is 42.4 Å². The van der Waals surface area contributed by atoms with E-state index in [1.54, 1.807) is 6.20 Å². The third-order valence-corrected chi connectivity index (χ3v) is 4.97. The molecule has 2 atom stereocenters. The summed E-state index contributed by atoms with van der Waals surface area (Å²) in [6.07, 6.45) is 3.64. The van der Waals surface area contributed by atoms with Crippen molar-refractivity contribution in [3.63, 3.8) is 0 Å². The maximum Gasteiger partial charge on any atom is 0.407 e. The van der Waals surface area contributed by atoms with Crippen molar-refractivity contribution in [1.29, 1.82) is 0 Å². The molecule has 0 spiro atoms. The summed E-state index contributed by atoms with van der Waals surface area (Å²) in [4.78, 5) is 18.8. The molecule has 28 heavy (non-hydrogen) atoms. The number of aromatic nitrogens is 1. The molecule has 2 aromatic rings. The van der Waals surface area contributed by atoms with Gasteiger partial charge in [-0.25, -0.2) is 9.78 Å². The Morgan fingerprint density at radius 1 is 1.36 bits per heavy atom. The van der Waals surface area contributed by atoms with Crippen molar-refractivity contribution in [2.24, 2.45) is 5.92 Å². The van der Waals surface area contributed by atoms with Gasteiger partial charge in [0.15, 0.2) is 5.76 Å². The number of hydrogen-bond donors (Lipinski definition) is 1. The maximum atomic E-state index is 11.9. The summed E-state index contributed by atoms with van der Waals surface area (Å²) in [7, 11) is 0. The van der Waals surface area contributed by atoms with E-state index in [2.05, 4.69) is 22.1 Å². The highest BCUT2D eigenvalue weighted by atomic mass is 16.6. The number of piperidine rings is 1. The summed E-state index contributed by atoms with van der Waals surface area (Å²) in [5.74, 6) is 1.93. The number of nitrogens with one attached hydrogen (secondary N) is 1. The Bertz CT molecular complexity index is 767. The van der Waals surface area contributed by atoms with Gasteiger partial charge in [-0.1, -0.05) is 30.3 Å². The van der Waals surface area contributed by atoms with Gasteiger partial charge in [0.2, 0.25) is 5.89 Å². The topological polar surface area (TPSA) is 67.6 Å². The van der Waals surface area contributed by atoms with Crippen molar-refractivity contribution >= 4 is 6.09 Å². The Morgan fingerprint density at radius 3 is 2.82 bits per heavy atom. The molecule has 3 rings (SSSR count). The van der Waals surface area contributed by atoms with E-state index in [1.807, 2.05) is 51.1 Å². The molecule has 0 saturated carbocycles. The zero-order valence-corrected chi connectivity index (χ0v) is 17.3. The van der Waals surface area contributed by atoms with E-state index in [0.29, 0.717) is 12.5 Å². The van der Waals surface area contributed by atoms with Crippen molar-refractivity contribution in [2.75, 3.05) is 19.6 Å². The normalized spacial score (nSPS) is 19.2. The van der Waals surface area contributed by atoms with Gasteiger partial charge in [-0.2, -0.15) is 0 Å². The number of carbonyl (C=O) groups excluding carboxylic acids is 1. The molecule has 1 saturated heterocycles. The number of oxazole rings is 1. The van der Waals surface area contributed by atoms with E-state index < -0.39 is 5.60 Å². The van der Waals surface area contributed by atoms with Crippen LogP contribution in [0, 0.1) is 5.92 Å². The van der Waals surface area contributed by atoms with Gasteiger partial charge in [-0.15, -0.1) is 0 Å². The van der Waals surface area contributed by atoms with Crippen LogP contribution in [0.25, 0.3) is 11.3 Å². The van der Waals surface area contributed by atoms with Crippen LogP contribution in [0.4, 0.5) is 4.79 Å². The van der Waals surface area contributed by atoms with Crippen LogP contribution < -0.4 is 5.32 Å². The molecule has 2 heterocycles. The van der Waals surface area contributed by atoms with Crippen LogP contribution in [0.15, 0.2) is 40.9 Å². The van der Waals surface area contributed by atoms with Crippen LogP contribution in [0.3, 0.4) is 0 Å². The van der Waals surface area contributed by atoms with Gasteiger partial charge in [-0.05, 0) is 53.0 Å². The van der Waals surface area contributed by atoms with Gasteiger partial charge in [0.1, 0.15) is 5.60 Å². The first-order valence-electron chi connectivity index (χ1n) is 10.0. The third-order valence-electron chi connectivity index (χ3n) is 4.97. The Hall–Kier alpha value is -2.34. The molecule has 6 nitrogen and oxygen atoms in total. The van der Waals surface area contributed by atoms with Crippen LogP contribution in [-0.2, 0) is 4.74 Å². The van der Waals surface area contributed by atoms with E-state index in [0.717, 1.165) is 43.1 Å². The molecule has 1 aliphatic heterocycles. The molecule has 0 bridgehead atoms. The molecule has 1 fully saturated rings. The maximum absolute atomic E-state index is 11.9.